The van der Waals surface area contributed by atoms with E-state index in [1.807, 2.05) is 19.1 Å². The fourth-order valence-corrected chi connectivity index (χ4v) is 3.87. The predicted octanol–water partition coefficient (Wildman–Crippen LogP) is 2.39. The number of rotatable bonds is 6. The highest BCUT2D eigenvalue weighted by atomic mass is 16.5. The Bertz CT molecular complexity index is 1140. The van der Waals surface area contributed by atoms with Crippen LogP contribution in [0, 0.1) is 13.8 Å². The number of carbonyl (C=O) groups is 2. The Morgan fingerprint density at radius 2 is 2.19 bits per heavy atom. The van der Waals surface area contributed by atoms with Crippen LogP contribution in [0.1, 0.15) is 40.2 Å². The van der Waals surface area contributed by atoms with Gasteiger partial charge in [0.1, 0.15) is 29.2 Å². The molecule has 0 radical (unpaired) electrons. The Balaban J connectivity index is 1.61. The van der Waals surface area contributed by atoms with Crippen molar-refractivity contribution in [2.45, 2.75) is 38.8 Å². The molecule has 3 aromatic rings. The van der Waals surface area contributed by atoms with E-state index >= 15 is 0 Å². The molecule has 2 amide bonds. The third kappa shape index (κ3) is 3.98. The molecule has 0 bridgehead atoms. The Labute approximate surface area is 179 Å². The van der Waals surface area contributed by atoms with Crippen LogP contribution in [0.15, 0.2) is 40.9 Å². The zero-order valence-electron chi connectivity index (χ0n) is 17.5. The molecule has 1 aliphatic rings. The number of ether oxygens (including phenoxy) is 1. The summed E-state index contributed by atoms with van der Waals surface area (Å²) >= 11 is 0. The zero-order valence-corrected chi connectivity index (χ0v) is 17.5. The van der Waals surface area contributed by atoms with E-state index in [1.165, 1.54) is 0 Å². The molecule has 1 fully saturated rings. The van der Waals surface area contributed by atoms with Crippen LogP contribution >= 0.6 is 0 Å². The molecule has 1 saturated heterocycles. The highest BCUT2D eigenvalue weighted by molar-refractivity contribution is 6.09. The first kappa shape index (κ1) is 20.9. The van der Waals surface area contributed by atoms with Crippen molar-refractivity contribution in [3.63, 3.8) is 0 Å². The molecule has 8 nitrogen and oxygen atoms in total. The smallest absolute Gasteiger partial charge is 0.256 e. The summed E-state index contributed by atoms with van der Waals surface area (Å²) in [6.07, 6.45) is 2.77. The molecule has 1 unspecified atom stereocenters. The second-order valence-corrected chi connectivity index (χ2v) is 7.78. The predicted molar refractivity (Wildman–Crippen MR) is 114 cm³/mol. The lowest BCUT2D eigenvalue weighted by molar-refractivity contribution is -0.131. The summed E-state index contributed by atoms with van der Waals surface area (Å²) in [5, 5.41) is 15.9. The number of nitrogens with zero attached hydrogens (tertiary/aromatic N) is 1. The normalized spacial score (nSPS) is 18.6. The van der Waals surface area contributed by atoms with Crippen LogP contribution in [0.2, 0.25) is 0 Å². The number of hydrogen-bond donors (Lipinski definition) is 3. The molecule has 2 aromatic heterocycles. The van der Waals surface area contributed by atoms with Crippen LogP contribution in [-0.4, -0.2) is 40.6 Å². The van der Waals surface area contributed by atoms with Gasteiger partial charge in [0.05, 0.1) is 12.2 Å². The van der Waals surface area contributed by atoms with Crippen molar-refractivity contribution in [3.05, 3.63) is 59.1 Å². The van der Waals surface area contributed by atoms with E-state index in [9.17, 15) is 14.7 Å². The lowest BCUT2D eigenvalue weighted by Crippen LogP contribution is -2.63. The third-order valence-electron chi connectivity index (χ3n) is 5.70. The highest BCUT2D eigenvalue weighted by Crippen LogP contribution is 2.30. The molecule has 1 aromatic carbocycles. The fraction of sp³-hybridized carbons (Fsp3) is 0.348. The summed E-state index contributed by atoms with van der Waals surface area (Å²) in [4.78, 5) is 29.8. The summed E-state index contributed by atoms with van der Waals surface area (Å²) in [5.74, 6) is 0.161. The number of aliphatic hydroxyl groups excluding tert-OH is 1. The van der Waals surface area contributed by atoms with Crippen molar-refractivity contribution in [3.8, 4) is 5.75 Å². The number of fused-ring (bicyclic) bond motifs is 1. The molecule has 162 valence electrons. The number of piperidine rings is 1. The van der Waals surface area contributed by atoms with E-state index < -0.39 is 18.1 Å². The van der Waals surface area contributed by atoms with E-state index in [4.69, 9.17) is 9.15 Å². The summed E-state index contributed by atoms with van der Waals surface area (Å²) in [5.41, 5.74) is 1.39. The summed E-state index contributed by atoms with van der Waals surface area (Å²) in [6, 6.07) is 9.08. The van der Waals surface area contributed by atoms with Gasteiger partial charge in [-0.15, -0.1) is 0 Å². The van der Waals surface area contributed by atoms with Gasteiger partial charge < -0.3 is 24.9 Å². The third-order valence-corrected chi connectivity index (χ3v) is 5.70. The molecule has 31 heavy (non-hydrogen) atoms. The zero-order chi connectivity index (χ0) is 22.0. The van der Waals surface area contributed by atoms with Crippen molar-refractivity contribution in [1.29, 1.82) is 0 Å². The highest BCUT2D eigenvalue weighted by Gasteiger charge is 2.42. The lowest BCUT2D eigenvalue weighted by atomic mass is 9.89. The number of furan rings is 1. The van der Waals surface area contributed by atoms with E-state index in [0.717, 1.165) is 11.3 Å². The van der Waals surface area contributed by atoms with E-state index in [2.05, 4.69) is 15.6 Å². The second-order valence-electron chi connectivity index (χ2n) is 7.78. The maximum absolute atomic E-state index is 13.1. The molecule has 4 rings (SSSR count). The Morgan fingerprint density at radius 3 is 2.94 bits per heavy atom. The van der Waals surface area contributed by atoms with E-state index in [-0.39, 0.29) is 5.91 Å². The summed E-state index contributed by atoms with van der Waals surface area (Å²) < 4.78 is 11.7. The molecule has 0 aliphatic carbocycles. The summed E-state index contributed by atoms with van der Waals surface area (Å²) in [6.45, 7) is 4.01. The maximum Gasteiger partial charge on any atom is 0.256 e. The molecular weight excluding hydrogens is 398 g/mol. The average molecular weight is 423 g/mol. The first-order valence-electron chi connectivity index (χ1n) is 10.2. The summed E-state index contributed by atoms with van der Waals surface area (Å²) in [7, 11) is 0. The number of nitrogens with one attached hydrogen (secondary N) is 2. The molecule has 0 saturated carbocycles. The van der Waals surface area contributed by atoms with Crippen molar-refractivity contribution >= 4 is 22.8 Å². The number of carbonyl (C=O) groups excluding carboxylic acids is 2. The molecule has 1 atom stereocenters. The topological polar surface area (TPSA) is 114 Å². The maximum atomic E-state index is 13.1. The van der Waals surface area contributed by atoms with Gasteiger partial charge in [-0.2, -0.15) is 0 Å². The van der Waals surface area contributed by atoms with Gasteiger partial charge in [0.15, 0.2) is 0 Å². The van der Waals surface area contributed by atoms with Crippen molar-refractivity contribution in [1.82, 2.24) is 15.6 Å². The van der Waals surface area contributed by atoms with Gasteiger partial charge in [0, 0.05) is 29.4 Å². The lowest BCUT2D eigenvalue weighted by Gasteiger charge is -2.35. The van der Waals surface area contributed by atoms with Crippen molar-refractivity contribution in [2.75, 3.05) is 13.2 Å². The monoisotopic (exact) mass is 423 g/mol. The van der Waals surface area contributed by atoms with Crippen LogP contribution in [0.3, 0.4) is 0 Å². The number of hydrogen-bond acceptors (Lipinski definition) is 6. The van der Waals surface area contributed by atoms with Crippen LogP contribution in [0.4, 0.5) is 0 Å². The number of aryl methyl sites for hydroxylation is 2. The van der Waals surface area contributed by atoms with Crippen LogP contribution in [0.5, 0.6) is 5.75 Å². The number of aliphatic hydroxyl groups is 1. The SMILES string of the molecule is Cc1ncccc1COc1ccc2oc(C)c(C(=O)NC3(CO)CCCNC3=O)c2c1. The Morgan fingerprint density at radius 1 is 1.35 bits per heavy atom. The van der Waals surface area contributed by atoms with Crippen LogP contribution in [-0.2, 0) is 11.4 Å². The van der Waals surface area contributed by atoms with E-state index in [1.54, 1.807) is 31.3 Å². The van der Waals surface area contributed by atoms with Gasteiger partial charge in [-0.05, 0) is 51.0 Å². The number of aromatic nitrogens is 1. The van der Waals surface area contributed by atoms with E-state index in [0.29, 0.717) is 54.0 Å². The number of amides is 2. The Hall–Kier alpha value is -3.39. The van der Waals surface area contributed by atoms with Gasteiger partial charge in [0.25, 0.3) is 5.91 Å². The van der Waals surface area contributed by atoms with Crippen molar-refractivity contribution < 1.29 is 23.8 Å². The average Bonchev–Trinajstić information content (AvgIpc) is 3.10. The minimum absolute atomic E-state index is 0.323. The van der Waals surface area contributed by atoms with Gasteiger partial charge >= 0.3 is 0 Å². The van der Waals surface area contributed by atoms with Crippen LogP contribution < -0.4 is 15.4 Å². The number of benzene rings is 1. The van der Waals surface area contributed by atoms with Crippen molar-refractivity contribution in [2.24, 2.45) is 0 Å². The second kappa shape index (κ2) is 8.39. The minimum Gasteiger partial charge on any atom is -0.489 e. The molecule has 1 aliphatic heterocycles. The number of pyridine rings is 1. The molecule has 3 heterocycles. The molecular formula is C23H25N3O5. The molecule has 0 spiro atoms. The first-order chi connectivity index (χ1) is 14.9. The molecule has 3 N–H and O–H groups in total. The van der Waals surface area contributed by atoms with Gasteiger partial charge in [-0.25, -0.2) is 0 Å². The van der Waals surface area contributed by atoms with Gasteiger partial charge in [0.2, 0.25) is 5.91 Å². The fourth-order valence-electron chi connectivity index (χ4n) is 3.87. The Kier molecular flexibility index (Phi) is 5.65. The van der Waals surface area contributed by atoms with Crippen LogP contribution in [0.25, 0.3) is 11.0 Å². The minimum atomic E-state index is -1.34. The van der Waals surface area contributed by atoms with Gasteiger partial charge in [-0.1, -0.05) is 6.07 Å². The van der Waals surface area contributed by atoms with Gasteiger partial charge in [-0.3, -0.25) is 14.6 Å². The first-order valence-corrected chi connectivity index (χ1v) is 10.2. The standard InChI is InChI=1S/C23H25N3O5/c1-14-16(5-3-9-24-14)12-30-17-6-7-19-18(11-17)20(15(2)31-19)21(28)26-23(13-27)8-4-10-25-22(23)29/h3,5-7,9,11,27H,4,8,10,12-13H2,1-2H3,(H,25,29)(H,26,28). The molecule has 8 heteroatoms. The largest absolute Gasteiger partial charge is 0.489 e. The quantitative estimate of drug-likeness (QED) is 0.561.